The molecule has 4 aromatic rings. The number of carbonyl (C=O) groups excluding carboxylic acids is 2. The van der Waals surface area contributed by atoms with E-state index in [1.165, 1.54) is 0 Å². The van der Waals surface area contributed by atoms with Crippen LogP contribution in [0.15, 0.2) is 72.9 Å². The molecule has 0 bridgehead atoms. The number of benzene rings is 3. The summed E-state index contributed by atoms with van der Waals surface area (Å²) in [4.78, 5) is 27.1. The number of ether oxygens (including phenoxy) is 1. The molecule has 0 atom stereocenters. The van der Waals surface area contributed by atoms with Crippen LogP contribution in [-0.4, -0.2) is 47.9 Å². The highest BCUT2D eigenvalue weighted by Gasteiger charge is 2.29. The number of hydrogen-bond acceptors (Lipinski definition) is 5. The van der Waals surface area contributed by atoms with Gasteiger partial charge in [-0.3, -0.25) is 9.59 Å². The maximum Gasteiger partial charge on any atom is 0.255 e. The molecular formula is C28H27N5O3. The molecule has 0 unspecified atom stereocenters. The zero-order chi connectivity index (χ0) is 24.5. The van der Waals surface area contributed by atoms with Crippen molar-refractivity contribution in [2.75, 3.05) is 41.8 Å². The first-order valence-electron chi connectivity index (χ1n) is 12.3. The van der Waals surface area contributed by atoms with Crippen LogP contribution in [0.2, 0.25) is 0 Å². The van der Waals surface area contributed by atoms with Gasteiger partial charge in [0, 0.05) is 47.0 Å². The van der Waals surface area contributed by atoms with Gasteiger partial charge in [-0.1, -0.05) is 0 Å². The highest BCUT2D eigenvalue weighted by molar-refractivity contribution is 6.05. The second-order valence-electron chi connectivity index (χ2n) is 9.24. The van der Waals surface area contributed by atoms with E-state index in [1.54, 1.807) is 6.20 Å². The number of anilines is 3. The first-order valence-corrected chi connectivity index (χ1v) is 12.3. The topological polar surface area (TPSA) is 88.5 Å². The summed E-state index contributed by atoms with van der Waals surface area (Å²) >= 11 is 0. The van der Waals surface area contributed by atoms with Crippen LogP contribution in [0.3, 0.4) is 0 Å². The fourth-order valence-corrected chi connectivity index (χ4v) is 4.44. The Morgan fingerprint density at radius 1 is 0.833 bits per heavy atom. The zero-order valence-corrected chi connectivity index (χ0v) is 19.8. The minimum atomic E-state index is -0.154. The lowest BCUT2D eigenvalue weighted by Crippen LogP contribution is -2.36. The summed E-state index contributed by atoms with van der Waals surface area (Å²) in [6, 6.07) is 21.1. The molecule has 2 N–H and O–H groups in total. The van der Waals surface area contributed by atoms with Gasteiger partial charge in [-0.2, -0.15) is 5.10 Å². The Kier molecular flexibility index (Phi) is 5.87. The Labute approximate surface area is 208 Å². The summed E-state index contributed by atoms with van der Waals surface area (Å²) in [5.74, 6) is 0.109. The van der Waals surface area contributed by atoms with Crippen LogP contribution in [0.5, 0.6) is 0 Å². The predicted octanol–water partition coefficient (Wildman–Crippen LogP) is 4.46. The van der Waals surface area contributed by atoms with Crippen molar-refractivity contribution in [3.8, 4) is 5.69 Å². The smallest absolute Gasteiger partial charge is 0.255 e. The number of carbonyl (C=O) groups is 2. The van der Waals surface area contributed by atoms with E-state index in [1.807, 2.05) is 71.4 Å². The molecule has 1 saturated heterocycles. The fraction of sp³-hybridized carbons (Fsp3) is 0.250. The van der Waals surface area contributed by atoms with Crippen molar-refractivity contribution >= 4 is 39.8 Å². The average molecular weight is 482 g/mol. The van der Waals surface area contributed by atoms with E-state index < -0.39 is 0 Å². The summed E-state index contributed by atoms with van der Waals surface area (Å²) in [7, 11) is 0. The third-order valence-electron chi connectivity index (χ3n) is 6.66. The molecule has 6 rings (SSSR count). The molecule has 2 fully saturated rings. The largest absolute Gasteiger partial charge is 0.378 e. The Hall–Kier alpha value is -4.17. The summed E-state index contributed by atoms with van der Waals surface area (Å²) < 4.78 is 7.25. The molecule has 1 aliphatic carbocycles. The molecule has 0 radical (unpaired) electrons. The fourth-order valence-electron chi connectivity index (χ4n) is 4.44. The van der Waals surface area contributed by atoms with E-state index in [2.05, 4.69) is 20.6 Å². The zero-order valence-electron chi connectivity index (χ0n) is 19.8. The highest BCUT2D eigenvalue weighted by Crippen LogP contribution is 2.30. The lowest BCUT2D eigenvalue weighted by Gasteiger charge is -2.28. The highest BCUT2D eigenvalue weighted by atomic mass is 16.5. The van der Waals surface area contributed by atoms with Crippen LogP contribution in [0.1, 0.15) is 23.2 Å². The molecule has 2 amide bonds. The van der Waals surface area contributed by atoms with Crippen molar-refractivity contribution in [1.29, 1.82) is 0 Å². The van der Waals surface area contributed by atoms with Crippen LogP contribution in [0, 0.1) is 5.92 Å². The van der Waals surface area contributed by atoms with Gasteiger partial charge in [0.05, 0.1) is 30.6 Å². The Morgan fingerprint density at radius 2 is 1.53 bits per heavy atom. The van der Waals surface area contributed by atoms with E-state index in [-0.39, 0.29) is 17.7 Å². The standard InChI is InChI=1S/C28H27N5O3/c34-27(19-1-2-19)30-22-5-10-25(11-6-22)33-26-12-7-23(17-21(26)18-29-33)31-28(35)20-3-8-24(9-4-20)32-13-15-36-16-14-32/h3-12,17-19H,1-2,13-16H2,(H,30,34)(H,31,35). The number of rotatable bonds is 6. The van der Waals surface area contributed by atoms with Gasteiger partial charge in [-0.25, -0.2) is 4.68 Å². The number of amides is 2. The van der Waals surface area contributed by atoms with Gasteiger partial charge in [0.25, 0.3) is 5.91 Å². The number of nitrogens with one attached hydrogen (secondary N) is 2. The SMILES string of the molecule is O=C(Nc1ccc2c(cnn2-c2ccc(NC(=O)C3CC3)cc2)c1)c1ccc(N2CCOCC2)cc1. The van der Waals surface area contributed by atoms with E-state index in [0.717, 1.165) is 67.1 Å². The van der Waals surface area contributed by atoms with Crippen molar-refractivity contribution in [3.63, 3.8) is 0 Å². The van der Waals surface area contributed by atoms with Crippen LogP contribution in [0.25, 0.3) is 16.6 Å². The molecule has 36 heavy (non-hydrogen) atoms. The van der Waals surface area contributed by atoms with E-state index in [0.29, 0.717) is 11.3 Å². The van der Waals surface area contributed by atoms with Crippen LogP contribution >= 0.6 is 0 Å². The molecule has 1 aliphatic heterocycles. The third kappa shape index (κ3) is 4.67. The van der Waals surface area contributed by atoms with Gasteiger partial charge in [-0.05, 0) is 79.6 Å². The summed E-state index contributed by atoms with van der Waals surface area (Å²) in [5, 5.41) is 11.4. The summed E-state index contributed by atoms with van der Waals surface area (Å²) in [6.45, 7) is 3.18. The second-order valence-corrected chi connectivity index (χ2v) is 9.24. The summed E-state index contributed by atoms with van der Waals surface area (Å²) in [5.41, 5.74) is 5.03. The van der Waals surface area contributed by atoms with Gasteiger partial charge in [-0.15, -0.1) is 0 Å². The van der Waals surface area contributed by atoms with Crippen molar-refractivity contribution < 1.29 is 14.3 Å². The normalized spacial score (nSPS) is 15.6. The molecule has 3 aromatic carbocycles. The summed E-state index contributed by atoms with van der Waals surface area (Å²) in [6.07, 6.45) is 3.74. The molecule has 8 nitrogen and oxygen atoms in total. The van der Waals surface area contributed by atoms with Gasteiger partial charge >= 0.3 is 0 Å². The third-order valence-corrected chi connectivity index (χ3v) is 6.66. The van der Waals surface area contributed by atoms with E-state index in [9.17, 15) is 9.59 Å². The van der Waals surface area contributed by atoms with Gasteiger partial charge in [0.1, 0.15) is 0 Å². The second kappa shape index (κ2) is 9.47. The van der Waals surface area contributed by atoms with Crippen molar-refractivity contribution in [2.24, 2.45) is 5.92 Å². The van der Waals surface area contributed by atoms with Crippen molar-refractivity contribution in [1.82, 2.24) is 9.78 Å². The lowest BCUT2D eigenvalue weighted by atomic mass is 10.1. The van der Waals surface area contributed by atoms with Crippen LogP contribution in [0.4, 0.5) is 17.1 Å². The van der Waals surface area contributed by atoms with E-state index >= 15 is 0 Å². The van der Waals surface area contributed by atoms with Crippen molar-refractivity contribution in [3.05, 3.63) is 78.5 Å². The quantitative estimate of drug-likeness (QED) is 0.424. The van der Waals surface area contributed by atoms with Crippen molar-refractivity contribution in [2.45, 2.75) is 12.8 Å². The maximum atomic E-state index is 12.8. The minimum absolute atomic E-state index is 0.0925. The minimum Gasteiger partial charge on any atom is -0.378 e. The monoisotopic (exact) mass is 481 g/mol. The molecule has 8 heteroatoms. The number of fused-ring (bicyclic) bond motifs is 1. The Morgan fingerprint density at radius 3 is 2.25 bits per heavy atom. The Bertz CT molecular complexity index is 1400. The first-order chi connectivity index (χ1) is 17.6. The maximum absolute atomic E-state index is 12.8. The molecule has 182 valence electrons. The molecule has 0 spiro atoms. The average Bonchev–Trinajstić information content (AvgIpc) is 3.70. The molecule has 1 saturated carbocycles. The van der Waals surface area contributed by atoms with Gasteiger partial charge < -0.3 is 20.3 Å². The van der Waals surface area contributed by atoms with Crippen LogP contribution in [-0.2, 0) is 9.53 Å². The van der Waals surface area contributed by atoms with Gasteiger partial charge in [0.2, 0.25) is 5.91 Å². The number of hydrogen-bond donors (Lipinski definition) is 2. The lowest BCUT2D eigenvalue weighted by molar-refractivity contribution is -0.117. The molecule has 2 heterocycles. The van der Waals surface area contributed by atoms with E-state index in [4.69, 9.17) is 4.74 Å². The molecule has 1 aromatic heterocycles. The number of aromatic nitrogens is 2. The first kappa shape index (κ1) is 22.3. The molecule has 2 aliphatic rings. The van der Waals surface area contributed by atoms with Crippen LogP contribution < -0.4 is 15.5 Å². The predicted molar refractivity (Wildman–Crippen MR) is 140 cm³/mol. The molecular weight excluding hydrogens is 454 g/mol. The van der Waals surface area contributed by atoms with Gasteiger partial charge in [0.15, 0.2) is 0 Å². The Balaban J connectivity index is 1.14. The number of nitrogens with zero attached hydrogens (tertiary/aromatic N) is 3. The number of morpholine rings is 1.